The summed E-state index contributed by atoms with van der Waals surface area (Å²) in [5.41, 5.74) is 5.45. The van der Waals surface area contributed by atoms with E-state index in [0.29, 0.717) is 0 Å². The van der Waals surface area contributed by atoms with Crippen molar-refractivity contribution in [3.63, 3.8) is 0 Å². The van der Waals surface area contributed by atoms with Crippen LogP contribution < -0.4 is 0 Å². The molecule has 0 amide bonds. The Bertz CT molecular complexity index is 627. The summed E-state index contributed by atoms with van der Waals surface area (Å²) in [5.74, 6) is 0. The molecule has 94 valence electrons. The van der Waals surface area contributed by atoms with E-state index in [2.05, 4.69) is 50.3 Å². The largest absolute Gasteiger partial charge is 0.192 e. The zero-order valence-electron chi connectivity index (χ0n) is 11.4. The summed E-state index contributed by atoms with van der Waals surface area (Å²) < 4.78 is 0. The molecular formula is C18H17N. The molecule has 0 saturated heterocycles. The Hall–Kier alpha value is -2.33. The third-order valence-corrected chi connectivity index (χ3v) is 3.21. The first-order valence-electron chi connectivity index (χ1n) is 6.51. The molecule has 0 spiro atoms. The van der Waals surface area contributed by atoms with E-state index >= 15 is 0 Å². The van der Waals surface area contributed by atoms with Gasteiger partial charge in [-0.05, 0) is 42.2 Å². The van der Waals surface area contributed by atoms with Crippen LogP contribution in [0, 0.1) is 18.3 Å². The molecule has 0 aliphatic heterocycles. The second kappa shape index (κ2) is 6.02. The Morgan fingerprint density at radius 2 is 1.79 bits per heavy atom. The third kappa shape index (κ3) is 3.11. The van der Waals surface area contributed by atoms with E-state index in [9.17, 15) is 0 Å². The molecule has 0 radical (unpaired) electrons. The van der Waals surface area contributed by atoms with Gasteiger partial charge in [-0.1, -0.05) is 55.0 Å². The molecule has 0 atom stereocenters. The van der Waals surface area contributed by atoms with Crippen molar-refractivity contribution < 1.29 is 0 Å². The molecule has 0 saturated carbocycles. The maximum absolute atomic E-state index is 9.13. The van der Waals surface area contributed by atoms with Crippen molar-refractivity contribution in [2.24, 2.45) is 0 Å². The van der Waals surface area contributed by atoms with Crippen LogP contribution in [0.1, 0.15) is 35.6 Å². The van der Waals surface area contributed by atoms with Crippen LogP contribution in [0.3, 0.4) is 0 Å². The van der Waals surface area contributed by atoms with Crippen molar-refractivity contribution in [1.82, 2.24) is 0 Å². The monoisotopic (exact) mass is 247 g/mol. The quantitative estimate of drug-likeness (QED) is 0.713. The number of aryl methyl sites for hydroxylation is 1. The van der Waals surface area contributed by atoms with Crippen molar-refractivity contribution >= 4 is 11.6 Å². The number of benzene rings is 2. The lowest BCUT2D eigenvalue weighted by molar-refractivity contribution is 1.24. The van der Waals surface area contributed by atoms with E-state index in [-0.39, 0.29) is 0 Å². The Kier molecular flexibility index (Phi) is 4.15. The van der Waals surface area contributed by atoms with Gasteiger partial charge in [0.05, 0.1) is 11.6 Å². The second-order valence-corrected chi connectivity index (χ2v) is 4.59. The first-order valence-corrected chi connectivity index (χ1v) is 6.51. The SMILES string of the molecule is CC/C(=C\c1ccccc1C#N)c1ccc(C)cc1. The fraction of sp³-hybridized carbons (Fsp3) is 0.167. The molecule has 0 aliphatic rings. The summed E-state index contributed by atoms with van der Waals surface area (Å²) in [6.07, 6.45) is 3.06. The normalized spacial score (nSPS) is 11.1. The molecule has 0 N–H and O–H groups in total. The Balaban J connectivity index is 2.44. The highest BCUT2D eigenvalue weighted by molar-refractivity contribution is 5.82. The van der Waals surface area contributed by atoms with Crippen LogP contribution in [0.4, 0.5) is 0 Å². The van der Waals surface area contributed by atoms with E-state index in [0.717, 1.165) is 17.5 Å². The highest BCUT2D eigenvalue weighted by atomic mass is 14.2. The highest BCUT2D eigenvalue weighted by Crippen LogP contribution is 2.23. The fourth-order valence-electron chi connectivity index (χ4n) is 2.07. The van der Waals surface area contributed by atoms with E-state index in [1.807, 2.05) is 24.3 Å². The minimum Gasteiger partial charge on any atom is -0.192 e. The van der Waals surface area contributed by atoms with Crippen LogP contribution in [-0.4, -0.2) is 0 Å². The molecule has 2 aromatic rings. The van der Waals surface area contributed by atoms with Crippen molar-refractivity contribution in [3.05, 3.63) is 70.8 Å². The summed E-state index contributed by atoms with van der Waals surface area (Å²) in [5, 5.41) is 9.13. The van der Waals surface area contributed by atoms with Gasteiger partial charge in [-0.15, -0.1) is 0 Å². The van der Waals surface area contributed by atoms with Crippen molar-refractivity contribution in [1.29, 1.82) is 5.26 Å². The second-order valence-electron chi connectivity index (χ2n) is 4.59. The van der Waals surface area contributed by atoms with Gasteiger partial charge in [0.2, 0.25) is 0 Å². The topological polar surface area (TPSA) is 23.8 Å². The molecule has 0 fully saturated rings. The fourth-order valence-corrected chi connectivity index (χ4v) is 2.07. The number of nitriles is 1. The summed E-state index contributed by atoms with van der Waals surface area (Å²) in [6, 6.07) is 18.5. The number of rotatable bonds is 3. The van der Waals surface area contributed by atoms with Gasteiger partial charge in [0, 0.05) is 0 Å². The van der Waals surface area contributed by atoms with Crippen molar-refractivity contribution in [2.45, 2.75) is 20.3 Å². The molecule has 2 aromatic carbocycles. The van der Waals surface area contributed by atoms with E-state index in [1.165, 1.54) is 16.7 Å². The van der Waals surface area contributed by atoms with E-state index < -0.39 is 0 Å². The van der Waals surface area contributed by atoms with Crippen molar-refractivity contribution in [3.8, 4) is 6.07 Å². The molecule has 0 aliphatic carbocycles. The predicted molar refractivity (Wildman–Crippen MR) is 80.5 cm³/mol. The summed E-state index contributed by atoms with van der Waals surface area (Å²) >= 11 is 0. The van der Waals surface area contributed by atoms with Gasteiger partial charge < -0.3 is 0 Å². The minimum absolute atomic E-state index is 0.723. The van der Waals surface area contributed by atoms with Gasteiger partial charge in [0.25, 0.3) is 0 Å². The number of nitrogens with zero attached hydrogens (tertiary/aromatic N) is 1. The maximum Gasteiger partial charge on any atom is 0.0997 e. The van der Waals surface area contributed by atoms with Crippen LogP contribution in [0.2, 0.25) is 0 Å². The van der Waals surface area contributed by atoms with Gasteiger partial charge >= 0.3 is 0 Å². The molecule has 0 bridgehead atoms. The first-order chi connectivity index (χ1) is 9.24. The lowest BCUT2D eigenvalue weighted by atomic mass is 9.98. The van der Waals surface area contributed by atoms with E-state index in [1.54, 1.807) is 0 Å². The molecule has 2 rings (SSSR count). The van der Waals surface area contributed by atoms with Gasteiger partial charge in [-0.25, -0.2) is 0 Å². The van der Waals surface area contributed by atoms with Crippen LogP contribution in [0.15, 0.2) is 48.5 Å². The lowest BCUT2D eigenvalue weighted by Crippen LogP contribution is -1.86. The number of hydrogen-bond acceptors (Lipinski definition) is 1. The number of allylic oxidation sites excluding steroid dienone is 1. The van der Waals surface area contributed by atoms with Gasteiger partial charge in [0.15, 0.2) is 0 Å². The Morgan fingerprint density at radius 1 is 1.11 bits per heavy atom. The third-order valence-electron chi connectivity index (χ3n) is 3.21. The average Bonchev–Trinajstić information content (AvgIpc) is 2.46. The van der Waals surface area contributed by atoms with Crippen molar-refractivity contribution in [2.75, 3.05) is 0 Å². The predicted octanol–water partition coefficient (Wildman–Crippen LogP) is 4.82. The molecule has 1 nitrogen and oxygen atoms in total. The summed E-state index contributed by atoms with van der Waals surface area (Å²) in [6.45, 7) is 4.23. The zero-order valence-corrected chi connectivity index (χ0v) is 11.4. The van der Waals surface area contributed by atoms with Gasteiger partial charge in [-0.2, -0.15) is 5.26 Å². The standard InChI is InChI=1S/C18H17N/c1-3-15(16-10-8-14(2)9-11-16)12-17-6-4-5-7-18(17)13-19/h4-12H,3H2,1-2H3/b15-12+. The van der Waals surface area contributed by atoms with Crippen LogP contribution in [0.25, 0.3) is 11.6 Å². The average molecular weight is 247 g/mol. The first kappa shape index (κ1) is 13.1. The molecule has 19 heavy (non-hydrogen) atoms. The van der Waals surface area contributed by atoms with Gasteiger partial charge in [0.1, 0.15) is 0 Å². The Labute approximate surface area is 114 Å². The maximum atomic E-state index is 9.13. The van der Waals surface area contributed by atoms with Crippen LogP contribution in [-0.2, 0) is 0 Å². The van der Waals surface area contributed by atoms with Crippen LogP contribution >= 0.6 is 0 Å². The highest BCUT2D eigenvalue weighted by Gasteiger charge is 2.02. The molecule has 1 heteroatoms. The van der Waals surface area contributed by atoms with Gasteiger partial charge in [-0.3, -0.25) is 0 Å². The minimum atomic E-state index is 0.723. The number of hydrogen-bond donors (Lipinski definition) is 0. The summed E-state index contributed by atoms with van der Waals surface area (Å²) in [4.78, 5) is 0. The molecule has 0 heterocycles. The van der Waals surface area contributed by atoms with Crippen LogP contribution in [0.5, 0.6) is 0 Å². The summed E-state index contributed by atoms with van der Waals surface area (Å²) in [7, 11) is 0. The molecule has 0 unspecified atom stereocenters. The Morgan fingerprint density at radius 3 is 2.42 bits per heavy atom. The smallest absolute Gasteiger partial charge is 0.0997 e. The zero-order chi connectivity index (χ0) is 13.7. The lowest BCUT2D eigenvalue weighted by Gasteiger charge is -2.07. The van der Waals surface area contributed by atoms with E-state index in [4.69, 9.17) is 5.26 Å². The molecule has 0 aromatic heterocycles. The molecular weight excluding hydrogens is 230 g/mol.